The van der Waals surface area contributed by atoms with Crippen LogP contribution in [0.1, 0.15) is 59.5 Å². The van der Waals surface area contributed by atoms with E-state index in [2.05, 4.69) is 10.6 Å². The highest BCUT2D eigenvalue weighted by Gasteiger charge is 2.44. The molecule has 6 rings (SSSR count). The lowest BCUT2D eigenvalue weighted by molar-refractivity contribution is -0.131. The van der Waals surface area contributed by atoms with E-state index >= 15 is 0 Å². The molecule has 4 heterocycles. The summed E-state index contributed by atoms with van der Waals surface area (Å²) < 4.78 is 29.4. The Hall–Kier alpha value is -2.19. The van der Waals surface area contributed by atoms with Crippen molar-refractivity contribution in [3.63, 3.8) is 0 Å². The van der Waals surface area contributed by atoms with Crippen molar-refractivity contribution in [2.45, 2.75) is 68.7 Å². The van der Waals surface area contributed by atoms with E-state index < -0.39 is 29.4 Å². The van der Waals surface area contributed by atoms with Gasteiger partial charge in [-0.2, -0.15) is 0 Å². The summed E-state index contributed by atoms with van der Waals surface area (Å²) in [7, 11) is 0. The van der Waals surface area contributed by atoms with Gasteiger partial charge >= 0.3 is 0 Å². The zero-order valence-corrected chi connectivity index (χ0v) is 15.9. The van der Waals surface area contributed by atoms with Gasteiger partial charge in [-0.15, -0.1) is 0 Å². The lowest BCUT2D eigenvalue weighted by Crippen LogP contribution is -2.57. The predicted octanol–water partition coefficient (Wildman–Crippen LogP) is 1.42. The topological polar surface area (TPSA) is 78.5 Å². The first kappa shape index (κ1) is 18.8. The van der Waals surface area contributed by atoms with E-state index in [0.29, 0.717) is 48.9 Å². The van der Waals surface area contributed by atoms with E-state index in [0.717, 1.165) is 25.3 Å². The second kappa shape index (κ2) is 6.95. The number of carbonyl (C=O) groups is 3. The Morgan fingerprint density at radius 3 is 2.48 bits per heavy atom. The molecule has 5 aliphatic rings. The molecule has 29 heavy (non-hydrogen) atoms. The Labute approximate surface area is 167 Å². The summed E-state index contributed by atoms with van der Waals surface area (Å²) >= 11 is 0. The molecule has 8 heteroatoms. The fourth-order valence-electron chi connectivity index (χ4n) is 5.63. The van der Waals surface area contributed by atoms with Gasteiger partial charge in [0.25, 0.3) is 5.91 Å². The molecule has 2 bridgehead atoms. The molecule has 3 saturated heterocycles. The molecule has 4 unspecified atom stereocenters. The Bertz CT molecular complexity index is 882. The SMILES string of the molecule is O=CC(=O)C1CCC(N2Cc3c(c(F)cc(F)c3C3CC4CC(C3)N4)C2=O)CN1. The predicted molar refractivity (Wildman–Crippen MR) is 99.4 cm³/mol. The van der Waals surface area contributed by atoms with Crippen LogP contribution >= 0.6 is 0 Å². The number of ketones is 1. The minimum absolute atomic E-state index is 0.000280. The van der Waals surface area contributed by atoms with E-state index in [1.165, 1.54) is 0 Å². The molecule has 0 spiro atoms. The number of hydrogen-bond donors (Lipinski definition) is 2. The number of amides is 1. The molecule has 154 valence electrons. The summed E-state index contributed by atoms with van der Waals surface area (Å²) in [4.78, 5) is 36.9. The van der Waals surface area contributed by atoms with Crippen LogP contribution in [0, 0.1) is 11.6 Å². The van der Waals surface area contributed by atoms with Gasteiger partial charge in [0.1, 0.15) is 11.6 Å². The lowest BCUT2D eigenvalue weighted by Gasteiger charge is -2.47. The van der Waals surface area contributed by atoms with Crippen molar-refractivity contribution in [1.29, 1.82) is 0 Å². The second-order valence-corrected chi connectivity index (χ2v) is 8.72. The standard InChI is InChI=1S/C21H23F2N3O3/c22-15-6-16(23)20-14(19(15)10-3-11-5-12(4-10)25-11)8-26(21(20)29)13-1-2-17(24-7-13)18(28)9-27/h6,9-13,17,24-25H,1-5,7-8H2. The molecule has 1 aromatic carbocycles. The molecule has 2 N–H and O–H groups in total. The third-order valence-electron chi connectivity index (χ3n) is 7.06. The summed E-state index contributed by atoms with van der Waals surface area (Å²) in [6, 6.07) is 0.863. The van der Waals surface area contributed by atoms with Crippen molar-refractivity contribution in [1.82, 2.24) is 15.5 Å². The summed E-state index contributed by atoms with van der Waals surface area (Å²) in [6.07, 6.45) is 3.99. The van der Waals surface area contributed by atoms with Crippen LogP contribution in [0.4, 0.5) is 8.78 Å². The van der Waals surface area contributed by atoms with E-state index in [-0.39, 0.29) is 24.1 Å². The van der Waals surface area contributed by atoms with Gasteiger partial charge in [-0.3, -0.25) is 14.4 Å². The third kappa shape index (κ3) is 3.00. The van der Waals surface area contributed by atoms with Gasteiger partial charge in [-0.1, -0.05) is 0 Å². The van der Waals surface area contributed by atoms with E-state index in [9.17, 15) is 23.2 Å². The van der Waals surface area contributed by atoms with Crippen molar-refractivity contribution < 1.29 is 23.2 Å². The largest absolute Gasteiger partial charge is 0.330 e. The highest BCUT2D eigenvalue weighted by molar-refractivity contribution is 6.27. The van der Waals surface area contributed by atoms with Crippen molar-refractivity contribution >= 4 is 18.0 Å². The van der Waals surface area contributed by atoms with Crippen molar-refractivity contribution in [2.75, 3.05) is 6.54 Å². The summed E-state index contributed by atoms with van der Waals surface area (Å²) in [5.41, 5.74) is 0.996. The number of piperidine rings is 2. The molecule has 4 fully saturated rings. The average molecular weight is 403 g/mol. The van der Waals surface area contributed by atoms with Crippen molar-refractivity contribution in [3.05, 3.63) is 34.4 Å². The van der Waals surface area contributed by atoms with Gasteiger partial charge in [0.2, 0.25) is 5.78 Å². The van der Waals surface area contributed by atoms with Crippen molar-refractivity contribution in [3.8, 4) is 0 Å². The monoisotopic (exact) mass is 403 g/mol. The maximum atomic E-state index is 14.8. The van der Waals surface area contributed by atoms with Crippen LogP contribution in [0.15, 0.2) is 6.07 Å². The van der Waals surface area contributed by atoms with Crippen LogP contribution in [0.25, 0.3) is 0 Å². The zero-order valence-electron chi connectivity index (χ0n) is 15.9. The van der Waals surface area contributed by atoms with E-state index in [1.807, 2.05) is 0 Å². The van der Waals surface area contributed by atoms with Gasteiger partial charge < -0.3 is 15.5 Å². The van der Waals surface area contributed by atoms with Crippen LogP contribution in [0.5, 0.6) is 0 Å². The number of nitrogens with one attached hydrogen (secondary N) is 2. The first-order chi connectivity index (χ1) is 14.0. The highest BCUT2D eigenvalue weighted by atomic mass is 19.1. The van der Waals surface area contributed by atoms with Crippen molar-refractivity contribution in [2.24, 2.45) is 0 Å². The Morgan fingerprint density at radius 1 is 1.14 bits per heavy atom. The fourth-order valence-corrected chi connectivity index (χ4v) is 5.63. The fraction of sp³-hybridized carbons (Fsp3) is 0.571. The van der Waals surface area contributed by atoms with Crippen LogP contribution in [0.3, 0.4) is 0 Å². The van der Waals surface area contributed by atoms with E-state index in [4.69, 9.17) is 0 Å². The van der Waals surface area contributed by atoms with Crippen LogP contribution in [-0.2, 0) is 16.1 Å². The quantitative estimate of drug-likeness (QED) is 0.587. The summed E-state index contributed by atoms with van der Waals surface area (Å²) in [5.74, 6) is -2.27. The molecule has 0 aromatic heterocycles. The van der Waals surface area contributed by atoms with Gasteiger partial charge in [0, 0.05) is 37.3 Å². The number of Topliss-reactive ketones (excluding diaryl/α,β-unsaturated/α-hetero) is 1. The average Bonchev–Trinajstić information content (AvgIpc) is 3.04. The first-order valence-corrected chi connectivity index (χ1v) is 10.3. The molecule has 4 aliphatic heterocycles. The second-order valence-electron chi connectivity index (χ2n) is 8.72. The number of aldehydes is 1. The number of nitrogens with zero attached hydrogens (tertiary/aromatic N) is 1. The number of benzene rings is 1. The van der Waals surface area contributed by atoms with Gasteiger partial charge in [0.05, 0.1) is 11.6 Å². The smallest absolute Gasteiger partial charge is 0.257 e. The highest BCUT2D eigenvalue weighted by Crippen LogP contribution is 2.44. The molecule has 6 nitrogen and oxygen atoms in total. The van der Waals surface area contributed by atoms with Crippen LogP contribution in [0.2, 0.25) is 0 Å². The number of rotatable bonds is 4. The van der Waals surface area contributed by atoms with Gasteiger partial charge in [0.15, 0.2) is 6.29 Å². The van der Waals surface area contributed by atoms with E-state index in [1.54, 1.807) is 4.90 Å². The number of hydrogen-bond acceptors (Lipinski definition) is 5. The minimum Gasteiger partial charge on any atom is -0.330 e. The Balaban J connectivity index is 1.40. The zero-order chi connectivity index (χ0) is 20.3. The summed E-state index contributed by atoms with van der Waals surface area (Å²) in [6.45, 7) is 0.539. The molecule has 1 saturated carbocycles. The summed E-state index contributed by atoms with van der Waals surface area (Å²) in [5, 5.41) is 6.44. The first-order valence-electron chi connectivity index (χ1n) is 10.3. The molecule has 1 amide bonds. The number of carbonyl (C=O) groups excluding carboxylic acids is 3. The minimum atomic E-state index is -0.800. The Morgan fingerprint density at radius 2 is 1.86 bits per heavy atom. The maximum Gasteiger partial charge on any atom is 0.257 e. The molecular formula is C21H23F2N3O3. The third-order valence-corrected chi connectivity index (χ3v) is 7.06. The van der Waals surface area contributed by atoms with Gasteiger partial charge in [-0.25, -0.2) is 8.78 Å². The van der Waals surface area contributed by atoms with Crippen LogP contribution in [-0.4, -0.2) is 53.6 Å². The number of halogens is 2. The maximum absolute atomic E-state index is 14.8. The molecule has 0 radical (unpaired) electrons. The molecule has 1 aliphatic carbocycles. The normalized spacial score (nSPS) is 33.2. The molecule has 1 aromatic rings. The number of fused-ring (bicyclic) bond motifs is 3. The Kier molecular flexibility index (Phi) is 4.51. The lowest BCUT2D eigenvalue weighted by atomic mass is 9.72. The van der Waals surface area contributed by atoms with Crippen LogP contribution < -0.4 is 10.6 Å². The molecule has 4 atom stereocenters. The van der Waals surface area contributed by atoms with Gasteiger partial charge in [-0.05, 0) is 49.1 Å². The molecular weight excluding hydrogens is 380 g/mol.